The number of aromatic nitrogens is 2. The fourth-order valence-corrected chi connectivity index (χ4v) is 3.96. The molecular formula is C27H32N4O. The first-order valence-corrected chi connectivity index (χ1v) is 11.3. The molecule has 2 aromatic heterocycles. The number of rotatable bonds is 5. The van der Waals surface area contributed by atoms with Gasteiger partial charge >= 0.3 is 0 Å². The zero-order valence-electron chi connectivity index (χ0n) is 19.5. The topological polar surface area (TPSA) is 40.9 Å². The van der Waals surface area contributed by atoms with Crippen LogP contribution in [0.4, 0.5) is 0 Å². The summed E-state index contributed by atoms with van der Waals surface area (Å²) in [5.41, 5.74) is 6.71. The molecule has 0 radical (unpaired) electrons. The highest BCUT2D eigenvalue weighted by molar-refractivity contribution is 5.75. The van der Waals surface area contributed by atoms with Crippen LogP contribution in [0.15, 0.2) is 77.7 Å². The molecule has 0 saturated heterocycles. The Morgan fingerprint density at radius 3 is 2.84 bits per heavy atom. The summed E-state index contributed by atoms with van der Waals surface area (Å²) in [6, 6.07) is 5.63. The SMILES string of the molecule is C=C1C=CC(c2cc(=O)n3cc(C4=CCN(C)CC4)ccc3n2)=CN1/C=C(/C)C(C)CC. The van der Waals surface area contributed by atoms with E-state index >= 15 is 0 Å². The number of fused-ring (bicyclic) bond motifs is 1. The van der Waals surface area contributed by atoms with Gasteiger partial charge < -0.3 is 9.80 Å². The summed E-state index contributed by atoms with van der Waals surface area (Å²) >= 11 is 0. The van der Waals surface area contributed by atoms with Crippen molar-refractivity contribution in [3.05, 3.63) is 94.5 Å². The molecule has 4 heterocycles. The zero-order chi connectivity index (χ0) is 22.8. The molecule has 4 rings (SSSR count). The van der Waals surface area contributed by atoms with Crippen LogP contribution < -0.4 is 5.56 Å². The predicted octanol–water partition coefficient (Wildman–Crippen LogP) is 5.09. The summed E-state index contributed by atoms with van der Waals surface area (Å²) in [6.07, 6.45) is 14.3. The largest absolute Gasteiger partial charge is 0.324 e. The number of hydrogen-bond acceptors (Lipinski definition) is 4. The zero-order valence-corrected chi connectivity index (χ0v) is 19.5. The minimum atomic E-state index is -0.0723. The van der Waals surface area contributed by atoms with Crippen molar-refractivity contribution in [3.63, 3.8) is 0 Å². The molecule has 0 fully saturated rings. The van der Waals surface area contributed by atoms with Crippen molar-refractivity contribution in [1.82, 2.24) is 19.2 Å². The highest BCUT2D eigenvalue weighted by Crippen LogP contribution is 2.26. The monoisotopic (exact) mass is 428 g/mol. The van der Waals surface area contributed by atoms with Crippen LogP contribution in [0.2, 0.25) is 0 Å². The van der Waals surface area contributed by atoms with Gasteiger partial charge in [-0.3, -0.25) is 9.20 Å². The maximum Gasteiger partial charge on any atom is 0.258 e. The lowest BCUT2D eigenvalue weighted by atomic mass is 10.0. The molecule has 0 N–H and O–H groups in total. The van der Waals surface area contributed by atoms with Crippen molar-refractivity contribution >= 4 is 16.8 Å². The van der Waals surface area contributed by atoms with Crippen molar-refractivity contribution in [1.29, 1.82) is 0 Å². The van der Waals surface area contributed by atoms with Gasteiger partial charge in [0, 0.05) is 49.0 Å². The molecule has 0 spiro atoms. The Kier molecular flexibility index (Phi) is 6.28. The fourth-order valence-electron chi connectivity index (χ4n) is 3.96. The Balaban J connectivity index is 1.68. The van der Waals surface area contributed by atoms with Crippen LogP contribution in [0.5, 0.6) is 0 Å². The Morgan fingerprint density at radius 1 is 1.31 bits per heavy atom. The number of pyridine rings is 1. The number of nitrogens with zero attached hydrogens (tertiary/aromatic N) is 4. The molecule has 0 aliphatic carbocycles. The van der Waals surface area contributed by atoms with Crippen molar-refractivity contribution in [3.8, 4) is 0 Å². The van der Waals surface area contributed by atoms with Crippen LogP contribution in [0.25, 0.3) is 16.8 Å². The van der Waals surface area contributed by atoms with E-state index in [2.05, 4.69) is 57.6 Å². The summed E-state index contributed by atoms with van der Waals surface area (Å²) < 4.78 is 1.65. The Hall–Kier alpha value is -3.18. The quantitative estimate of drug-likeness (QED) is 0.665. The standard InChI is InChI=1S/C27H32N4O/c1-6-19(2)20(3)16-30-17-24(8-7-21(30)4)25-15-27(32)31-18-23(9-10-26(31)28-25)22-11-13-29(5)14-12-22/h7-11,15-19H,4,6,12-14H2,1-3,5H3/b20-16-. The van der Waals surface area contributed by atoms with Crippen LogP contribution in [-0.2, 0) is 0 Å². The Labute approximate surface area is 190 Å². The lowest BCUT2D eigenvalue weighted by Crippen LogP contribution is -2.24. The molecule has 2 aliphatic rings. The predicted molar refractivity (Wildman–Crippen MR) is 133 cm³/mol. The lowest BCUT2D eigenvalue weighted by Gasteiger charge is -2.24. The molecule has 2 aromatic rings. The fraction of sp³-hybridized carbons (Fsp3) is 0.333. The maximum absolute atomic E-state index is 13.0. The van der Waals surface area contributed by atoms with E-state index < -0.39 is 0 Å². The average Bonchev–Trinajstić information content (AvgIpc) is 2.80. The molecule has 2 aliphatic heterocycles. The van der Waals surface area contributed by atoms with Gasteiger partial charge in [0.05, 0.1) is 5.69 Å². The van der Waals surface area contributed by atoms with E-state index in [1.165, 1.54) is 11.1 Å². The molecule has 1 unspecified atom stereocenters. The van der Waals surface area contributed by atoms with Gasteiger partial charge in [-0.2, -0.15) is 0 Å². The van der Waals surface area contributed by atoms with E-state index in [0.29, 0.717) is 17.3 Å². The molecule has 0 bridgehead atoms. The van der Waals surface area contributed by atoms with Gasteiger partial charge in [-0.1, -0.05) is 32.1 Å². The van der Waals surface area contributed by atoms with Gasteiger partial charge in [-0.25, -0.2) is 4.98 Å². The normalized spacial score (nSPS) is 18.7. The first-order valence-electron chi connectivity index (χ1n) is 11.3. The molecule has 1 atom stereocenters. The van der Waals surface area contributed by atoms with E-state index in [-0.39, 0.29) is 5.56 Å². The van der Waals surface area contributed by atoms with E-state index in [1.807, 2.05) is 35.5 Å². The van der Waals surface area contributed by atoms with Crippen LogP contribution in [-0.4, -0.2) is 39.3 Å². The van der Waals surface area contributed by atoms with E-state index in [4.69, 9.17) is 4.98 Å². The molecule has 5 heteroatoms. The highest BCUT2D eigenvalue weighted by atomic mass is 16.1. The minimum absolute atomic E-state index is 0.0723. The van der Waals surface area contributed by atoms with Crippen LogP contribution >= 0.6 is 0 Å². The third-order valence-electron chi connectivity index (χ3n) is 6.54. The first-order chi connectivity index (χ1) is 15.4. The molecule has 0 saturated carbocycles. The lowest BCUT2D eigenvalue weighted by molar-refractivity contribution is 0.370. The van der Waals surface area contributed by atoms with Crippen molar-refractivity contribution in [2.24, 2.45) is 5.92 Å². The maximum atomic E-state index is 13.0. The summed E-state index contributed by atoms with van der Waals surface area (Å²) in [7, 11) is 2.12. The van der Waals surface area contributed by atoms with Gasteiger partial charge in [0.25, 0.3) is 5.56 Å². The minimum Gasteiger partial charge on any atom is -0.324 e. The van der Waals surface area contributed by atoms with Crippen LogP contribution in [0.1, 0.15) is 44.9 Å². The van der Waals surface area contributed by atoms with Crippen LogP contribution in [0, 0.1) is 5.92 Å². The average molecular weight is 429 g/mol. The van der Waals surface area contributed by atoms with E-state index in [9.17, 15) is 4.79 Å². The third-order valence-corrected chi connectivity index (χ3v) is 6.54. The Bertz CT molecular complexity index is 1230. The summed E-state index contributed by atoms with van der Waals surface area (Å²) in [6.45, 7) is 12.7. The molecule has 0 amide bonds. The summed E-state index contributed by atoms with van der Waals surface area (Å²) in [4.78, 5) is 22.1. The molecule has 0 aromatic carbocycles. The second-order valence-corrected chi connectivity index (χ2v) is 8.87. The van der Waals surface area contributed by atoms with Crippen molar-refractivity contribution in [2.45, 2.75) is 33.6 Å². The van der Waals surface area contributed by atoms with Crippen molar-refractivity contribution < 1.29 is 0 Å². The number of likely N-dealkylation sites (N-methyl/N-ethyl adjacent to an activating group) is 1. The van der Waals surface area contributed by atoms with Gasteiger partial charge in [0.2, 0.25) is 0 Å². The molecular weight excluding hydrogens is 396 g/mol. The van der Waals surface area contributed by atoms with Crippen LogP contribution in [0.3, 0.4) is 0 Å². The van der Waals surface area contributed by atoms with Gasteiger partial charge in [0.15, 0.2) is 0 Å². The highest BCUT2D eigenvalue weighted by Gasteiger charge is 2.15. The smallest absolute Gasteiger partial charge is 0.258 e. The molecule has 32 heavy (non-hydrogen) atoms. The molecule has 5 nitrogen and oxygen atoms in total. The second-order valence-electron chi connectivity index (χ2n) is 8.87. The van der Waals surface area contributed by atoms with E-state index in [1.54, 1.807) is 10.5 Å². The number of allylic oxidation sites excluding steroid dienone is 4. The van der Waals surface area contributed by atoms with Gasteiger partial charge in [0.1, 0.15) is 5.65 Å². The first kappa shape index (κ1) is 22.0. The van der Waals surface area contributed by atoms with Crippen molar-refractivity contribution in [2.75, 3.05) is 20.1 Å². The van der Waals surface area contributed by atoms with E-state index in [0.717, 1.165) is 42.8 Å². The summed E-state index contributed by atoms with van der Waals surface area (Å²) in [5.74, 6) is 0.503. The summed E-state index contributed by atoms with van der Waals surface area (Å²) in [5, 5.41) is 0. The Morgan fingerprint density at radius 2 is 2.12 bits per heavy atom. The third kappa shape index (κ3) is 4.53. The molecule has 166 valence electrons. The van der Waals surface area contributed by atoms with Gasteiger partial charge in [-0.15, -0.1) is 0 Å². The second kappa shape index (κ2) is 9.13. The van der Waals surface area contributed by atoms with Gasteiger partial charge in [-0.05, 0) is 68.2 Å². The number of hydrogen-bond donors (Lipinski definition) is 0.